The maximum atomic E-state index is 12.1. The molecule has 1 fully saturated rings. The van der Waals surface area contributed by atoms with Crippen molar-refractivity contribution in [3.8, 4) is 5.75 Å². The lowest BCUT2D eigenvalue weighted by Crippen LogP contribution is -2.39. The number of carbonyl (C=O) groups is 1. The second kappa shape index (κ2) is 8.31. The summed E-state index contributed by atoms with van der Waals surface area (Å²) < 4.78 is 5.11. The molecule has 5 heteroatoms. The van der Waals surface area contributed by atoms with E-state index in [2.05, 4.69) is 27.7 Å². The number of rotatable bonds is 6. The number of nitrogens with one attached hydrogen (secondary N) is 1. The van der Waals surface area contributed by atoms with Crippen LogP contribution in [0.15, 0.2) is 41.8 Å². The van der Waals surface area contributed by atoms with Crippen molar-refractivity contribution in [2.45, 2.75) is 18.8 Å². The number of benzene rings is 1. The van der Waals surface area contributed by atoms with Crippen LogP contribution in [0.3, 0.4) is 0 Å². The lowest BCUT2D eigenvalue weighted by molar-refractivity contribution is 0.0946. The Morgan fingerprint density at radius 2 is 2.00 bits per heavy atom. The van der Waals surface area contributed by atoms with Gasteiger partial charge in [-0.25, -0.2) is 0 Å². The third-order valence-corrected chi connectivity index (χ3v) is 5.63. The van der Waals surface area contributed by atoms with Crippen molar-refractivity contribution in [1.29, 1.82) is 0 Å². The molecule has 0 bridgehead atoms. The van der Waals surface area contributed by atoms with Gasteiger partial charge in [-0.1, -0.05) is 6.07 Å². The number of piperidine rings is 1. The first-order valence-corrected chi connectivity index (χ1v) is 9.32. The predicted molar refractivity (Wildman–Crippen MR) is 98.1 cm³/mol. The summed E-state index contributed by atoms with van der Waals surface area (Å²) in [4.78, 5) is 16.1. The zero-order valence-corrected chi connectivity index (χ0v) is 14.8. The fourth-order valence-electron chi connectivity index (χ4n) is 3.14. The van der Waals surface area contributed by atoms with E-state index in [9.17, 15) is 4.79 Å². The van der Waals surface area contributed by atoms with Gasteiger partial charge in [-0.3, -0.25) is 4.79 Å². The highest BCUT2D eigenvalue weighted by Crippen LogP contribution is 2.30. The largest absolute Gasteiger partial charge is 0.497 e. The number of hydrogen-bond acceptors (Lipinski definition) is 4. The van der Waals surface area contributed by atoms with Gasteiger partial charge >= 0.3 is 0 Å². The van der Waals surface area contributed by atoms with Crippen LogP contribution in [0.25, 0.3) is 0 Å². The molecule has 1 saturated heterocycles. The Morgan fingerprint density at radius 1 is 1.25 bits per heavy atom. The van der Waals surface area contributed by atoms with Crippen LogP contribution in [0.2, 0.25) is 0 Å². The Hall–Kier alpha value is -1.85. The molecular weight excluding hydrogens is 320 g/mol. The highest BCUT2D eigenvalue weighted by molar-refractivity contribution is 7.10. The highest BCUT2D eigenvalue weighted by Gasteiger charge is 2.20. The van der Waals surface area contributed by atoms with Crippen LogP contribution in [-0.4, -0.2) is 44.1 Å². The first-order valence-electron chi connectivity index (χ1n) is 8.44. The molecule has 1 aromatic carbocycles. The Labute approximate surface area is 147 Å². The molecular formula is C19H24N2O2S. The van der Waals surface area contributed by atoms with Crippen LogP contribution >= 0.6 is 11.3 Å². The number of methoxy groups -OCH3 is 1. The van der Waals surface area contributed by atoms with Gasteiger partial charge in [0.05, 0.1) is 7.11 Å². The molecule has 2 aromatic rings. The summed E-state index contributed by atoms with van der Waals surface area (Å²) in [5, 5.41) is 5.17. The Bertz CT molecular complexity index is 632. The Balaban J connectivity index is 1.38. The molecule has 1 aliphatic heterocycles. The van der Waals surface area contributed by atoms with E-state index >= 15 is 0 Å². The summed E-state index contributed by atoms with van der Waals surface area (Å²) in [6.45, 7) is 3.83. The van der Waals surface area contributed by atoms with Crippen molar-refractivity contribution in [1.82, 2.24) is 10.2 Å². The van der Waals surface area contributed by atoms with Crippen LogP contribution in [0.1, 0.15) is 34.0 Å². The number of hydrogen-bond donors (Lipinski definition) is 1. The van der Waals surface area contributed by atoms with Crippen LogP contribution < -0.4 is 10.1 Å². The number of amides is 1. The third kappa shape index (κ3) is 4.36. The van der Waals surface area contributed by atoms with Gasteiger partial charge in [0.2, 0.25) is 0 Å². The van der Waals surface area contributed by atoms with Gasteiger partial charge in [-0.15, -0.1) is 11.3 Å². The van der Waals surface area contributed by atoms with Crippen molar-refractivity contribution in [3.05, 3.63) is 52.2 Å². The molecule has 128 valence electrons. The minimum atomic E-state index is -0.0221. The van der Waals surface area contributed by atoms with E-state index in [0.717, 1.165) is 31.3 Å². The zero-order chi connectivity index (χ0) is 16.8. The van der Waals surface area contributed by atoms with Crippen molar-refractivity contribution in [2.75, 3.05) is 33.3 Å². The number of ether oxygens (including phenoxy) is 1. The number of carbonyl (C=O) groups excluding carboxylic acids is 1. The zero-order valence-electron chi connectivity index (χ0n) is 14.0. The maximum Gasteiger partial charge on any atom is 0.251 e. The lowest BCUT2D eigenvalue weighted by Gasteiger charge is -2.31. The molecule has 4 nitrogen and oxygen atoms in total. The molecule has 0 aliphatic carbocycles. The van der Waals surface area contributed by atoms with Crippen LogP contribution in [0.4, 0.5) is 0 Å². The van der Waals surface area contributed by atoms with Crippen LogP contribution in [-0.2, 0) is 0 Å². The van der Waals surface area contributed by atoms with E-state index < -0.39 is 0 Å². The highest BCUT2D eigenvalue weighted by atomic mass is 32.1. The summed E-state index contributed by atoms with van der Waals surface area (Å²) in [6.07, 6.45) is 2.43. The van der Waals surface area contributed by atoms with Crippen molar-refractivity contribution in [2.24, 2.45) is 0 Å². The second-order valence-electron chi connectivity index (χ2n) is 6.12. The van der Waals surface area contributed by atoms with E-state index in [-0.39, 0.29) is 5.91 Å². The smallest absolute Gasteiger partial charge is 0.251 e. The lowest BCUT2D eigenvalue weighted by atomic mass is 9.95. The van der Waals surface area contributed by atoms with Gasteiger partial charge in [-0.2, -0.15) is 0 Å². The van der Waals surface area contributed by atoms with Crippen molar-refractivity contribution < 1.29 is 9.53 Å². The topological polar surface area (TPSA) is 41.6 Å². The second-order valence-corrected chi connectivity index (χ2v) is 7.10. The van der Waals surface area contributed by atoms with Gasteiger partial charge in [0.25, 0.3) is 5.91 Å². The van der Waals surface area contributed by atoms with Crippen molar-refractivity contribution in [3.63, 3.8) is 0 Å². The SMILES string of the molecule is COc1ccc(C(=O)NCCN2CCC(c3cccs3)CC2)cc1. The van der Waals surface area contributed by atoms with Gasteiger partial charge < -0.3 is 15.0 Å². The summed E-state index contributed by atoms with van der Waals surface area (Å²) in [6, 6.07) is 11.6. The summed E-state index contributed by atoms with van der Waals surface area (Å²) >= 11 is 1.87. The average molecular weight is 344 g/mol. The molecule has 0 atom stereocenters. The fraction of sp³-hybridized carbons (Fsp3) is 0.421. The molecule has 0 saturated carbocycles. The summed E-state index contributed by atoms with van der Waals surface area (Å²) in [5.74, 6) is 1.46. The van der Waals surface area contributed by atoms with Gasteiger partial charge in [0.15, 0.2) is 0 Å². The molecule has 0 spiro atoms. The average Bonchev–Trinajstić information content (AvgIpc) is 3.17. The summed E-state index contributed by atoms with van der Waals surface area (Å²) in [5.41, 5.74) is 0.673. The minimum absolute atomic E-state index is 0.0221. The summed E-state index contributed by atoms with van der Waals surface area (Å²) in [7, 11) is 1.62. The number of thiophene rings is 1. The Morgan fingerprint density at radius 3 is 2.62 bits per heavy atom. The molecule has 0 radical (unpaired) electrons. The minimum Gasteiger partial charge on any atom is -0.497 e. The maximum absolute atomic E-state index is 12.1. The quantitative estimate of drug-likeness (QED) is 0.874. The van der Waals surface area contributed by atoms with E-state index in [0.29, 0.717) is 12.1 Å². The molecule has 24 heavy (non-hydrogen) atoms. The van der Waals surface area contributed by atoms with Crippen molar-refractivity contribution >= 4 is 17.2 Å². The van der Waals surface area contributed by atoms with E-state index in [1.54, 1.807) is 19.2 Å². The van der Waals surface area contributed by atoms with Gasteiger partial charge in [0.1, 0.15) is 5.75 Å². The number of likely N-dealkylation sites (tertiary alicyclic amines) is 1. The van der Waals surface area contributed by atoms with E-state index in [1.165, 1.54) is 17.7 Å². The first-order chi connectivity index (χ1) is 11.8. The van der Waals surface area contributed by atoms with E-state index in [1.807, 2.05) is 23.5 Å². The van der Waals surface area contributed by atoms with Crippen LogP contribution in [0.5, 0.6) is 5.75 Å². The molecule has 1 N–H and O–H groups in total. The predicted octanol–water partition coefficient (Wildman–Crippen LogP) is 3.37. The van der Waals surface area contributed by atoms with Gasteiger partial charge in [0, 0.05) is 23.5 Å². The molecule has 2 heterocycles. The standard InChI is InChI=1S/C19H24N2O2S/c1-23-17-6-4-16(5-7-17)19(22)20-10-13-21-11-8-15(9-12-21)18-3-2-14-24-18/h2-7,14-15H,8-13H2,1H3,(H,20,22). The Kier molecular flexibility index (Phi) is 5.88. The molecule has 1 aromatic heterocycles. The fourth-order valence-corrected chi connectivity index (χ4v) is 4.04. The monoisotopic (exact) mass is 344 g/mol. The third-order valence-electron chi connectivity index (χ3n) is 4.60. The van der Waals surface area contributed by atoms with E-state index in [4.69, 9.17) is 4.74 Å². The first kappa shape index (κ1) is 17.0. The molecule has 1 amide bonds. The number of nitrogens with zero attached hydrogens (tertiary/aromatic N) is 1. The molecule has 3 rings (SSSR count). The van der Waals surface area contributed by atoms with Crippen LogP contribution in [0, 0.1) is 0 Å². The van der Waals surface area contributed by atoms with Gasteiger partial charge in [-0.05, 0) is 67.6 Å². The molecule has 1 aliphatic rings. The molecule has 0 unspecified atom stereocenters. The normalized spacial score (nSPS) is 16.0.